The zero-order valence-electron chi connectivity index (χ0n) is 15.2. The lowest BCUT2D eigenvalue weighted by Gasteiger charge is -2.09. The van der Waals surface area contributed by atoms with E-state index in [9.17, 15) is 4.79 Å². The van der Waals surface area contributed by atoms with Crippen molar-refractivity contribution in [1.29, 1.82) is 0 Å². The number of rotatable bonds is 7. The maximum atomic E-state index is 12.8. The van der Waals surface area contributed by atoms with E-state index in [4.69, 9.17) is 4.74 Å². The predicted molar refractivity (Wildman–Crippen MR) is 110 cm³/mol. The molecule has 0 saturated carbocycles. The summed E-state index contributed by atoms with van der Waals surface area (Å²) in [6.45, 7) is 2.77. The van der Waals surface area contributed by atoms with Crippen LogP contribution in [0.2, 0.25) is 0 Å². The Morgan fingerprint density at radius 3 is 2.96 bits per heavy atom. The first-order valence-corrected chi connectivity index (χ1v) is 10.7. The standard InChI is InChI=1S/C19H20N4O2S2/c1-3-4-9-22-17(24)16-15(8-10-26-16)23-18(22)20-21-19(23)27-12-13-6-5-7-14(11-13)25-2/h5-8,10-11H,3-4,9,12H2,1-2H3. The topological polar surface area (TPSA) is 61.4 Å². The number of methoxy groups -OCH3 is 1. The molecule has 27 heavy (non-hydrogen) atoms. The quantitative estimate of drug-likeness (QED) is 0.435. The fraction of sp³-hybridized carbons (Fsp3) is 0.316. The minimum absolute atomic E-state index is 0.0256. The van der Waals surface area contributed by atoms with E-state index in [1.54, 1.807) is 23.4 Å². The summed E-state index contributed by atoms with van der Waals surface area (Å²) in [6.07, 6.45) is 1.96. The molecule has 1 aromatic carbocycles. The third-order valence-corrected chi connectivity index (χ3v) is 6.31. The van der Waals surface area contributed by atoms with Gasteiger partial charge in [0.1, 0.15) is 10.4 Å². The molecule has 4 aromatic rings. The Hall–Kier alpha value is -2.32. The number of thiophene rings is 1. The van der Waals surface area contributed by atoms with Crippen LogP contribution in [-0.4, -0.2) is 26.3 Å². The lowest BCUT2D eigenvalue weighted by molar-refractivity contribution is 0.414. The maximum Gasteiger partial charge on any atom is 0.272 e. The molecule has 8 heteroatoms. The summed E-state index contributed by atoms with van der Waals surface area (Å²) in [5.41, 5.74) is 2.06. The van der Waals surface area contributed by atoms with Crippen molar-refractivity contribution in [3.05, 3.63) is 51.6 Å². The van der Waals surface area contributed by atoms with Crippen LogP contribution in [0.15, 0.2) is 45.7 Å². The second kappa shape index (κ2) is 7.74. The van der Waals surface area contributed by atoms with Crippen molar-refractivity contribution in [1.82, 2.24) is 19.2 Å². The average Bonchev–Trinajstić information content (AvgIpc) is 3.33. The molecule has 0 spiro atoms. The number of benzene rings is 1. The first-order valence-electron chi connectivity index (χ1n) is 8.83. The highest BCUT2D eigenvalue weighted by Gasteiger charge is 2.17. The Kier molecular flexibility index (Phi) is 5.18. The van der Waals surface area contributed by atoms with Gasteiger partial charge in [0.05, 0.1) is 12.6 Å². The van der Waals surface area contributed by atoms with Crippen molar-refractivity contribution in [3.8, 4) is 5.75 Å². The van der Waals surface area contributed by atoms with Crippen molar-refractivity contribution in [3.63, 3.8) is 0 Å². The van der Waals surface area contributed by atoms with Gasteiger partial charge in [-0.2, -0.15) is 0 Å². The molecular weight excluding hydrogens is 380 g/mol. The molecule has 4 rings (SSSR count). The van der Waals surface area contributed by atoms with Gasteiger partial charge in [0, 0.05) is 12.3 Å². The minimum Gasteiger partial charge on any atom is -0.497 e. The van der Waals surface area contributed by atoms with Gasteiger partial charge in [-0.25, -0.2) is 0 Å². The van der Waals surface area contributed by atoms with Crippen LogP contribution in [-0.2, 0) is 12.3 Å². The molecule has 0 N–H and O–H groups in total. The van der Waals surface area contributed by atoms with Gasteiger partial charge >= 0.3 is 0 Å². The van der Waals surface area contributed by atoms with Crippen LogP contribution >= 0.6 is 23.1 Å². The molecule has 0 saturated heterocycles. The van der Waals surface area contributed by atoms with Crippen molar-refractivity contribution >= 4 is 39.1 Å². The highest BCUT2D eigenvalue weighted by molar-refractivity contribution is 7.98. The van der Waals surface area contributed by atoms with E-state index in [0.717, 1.165) is 45.3 Å². The SMILES string of the molecule is CCCCn1c(=O)c2sccc2n2c(SCc3cccc(OC)c3)nnc12. The molecular formula is C19H20N4O2S2. The lowest BCUT2D eigenvalue weighted by Crippen LogP contribution is -2.22. The smallest absolute Gasteiger partial charge is 0.272 e. The summed E-state index contributed by atoms with van der Waals surface area (Å²) in [4.78, 5) is 12.8. The zero-order chi connectivity index (χ0) is 18.8. The first-order chi connectivity index (χ1) is 13.2. The predicted octanol–water partition coefficient (Wildman–Crippen LogP) is 4.21. The van der Waals surface area contributed by atoms with E-state index >= 15 is 0 Å². The molecule has 3 aromatic heterocycles. The van der Waals surface area contributed by atoms with Gasteiger partial charge in [-0.3, -0.25) is 13.8 Å². The molecule has 0 amide bonds. The second-order valence-electron chi connectivity index (χ2n) is 6.20. The molecule has 0 bridgehead atoms. The Morgan fingerprint density at radius 1 is 1.26 bits per heavy atom. The molecule has 3 heterocycles. The van der Waals surface area contributed by atoms with Crippen molar-refractivity contribution in [2.75, 3.05) is 7.11 Å². The molecule has 0 aliphatic heterocycles. The molecule has 0 unspecified atom stereocenters. The number of unbranched alkanes of at least 4 members (excludes halogenated alkanes) is 1. The fourth-order valence-corrected chi connectivity index (χ4v) is 4.73. The molecule has 0 radical (unpaired) electrons. The number of nitrogens with zero attached hydrogens (tertiary/aromatic N) is 4. The number of ether oxygens (including phenoxy) is 1. The van der Waals surface area contributed by atoms with Gasteiger partial charge in [0.15, 0.2) is 5.16 Å². The Labute approximate surface area is 164 Å². The van der Waals surface area contributed by atoms with Crippen LogP contribution in [0.1, 0.15) is 25.3 Å². The molecule has 0 fully saturated rings. The largest absolute Gasteiger partial charge is 0.497 e. The van der Waals surface area contributed by atoms with Gasteiger partial charge in [-0.1, -0.05) is 37.2 Å². The maximum absolute atomic E-state index is 12.8. The second-order valence-corrected chi connectivity index (χ2v) is 8.06. The van der Waals surface area contributed by atoms with E-state index < -0.39 is 0 Å². The molecule has 140 valence electrons. The van der Waals surface area contributed by atoms with Gasteiger partial charge in [-0.05, 0) is 35.6 Å². The monoisotopic (exact) mass is 400 g/mol. The van der Waals surface area contributed by atoms with Gasteiger partial charge in [-0.15, -0.1) is 21.5 Å². The minimum atomic E-state index is 0.0256. The summed E-state index contributed by atoms with van der Waals surface area (Å²) < 4.78 is 9.81. The summed E-state index contributed by atoms with van der Waals surface area (Å²) in [6, 6.07) is 9.97. The average molecular weight is 401 g/mol. The van der Waals surface area contributed by atoms with Gasteiger partial charge < -0.3 is 4.74 Å². The van der Waals surface area contributed by atoms with E-state index in [0.29, 0.717) is 12.3 Å². The Morgan fingerprint density at radius 2 is 2.15 bits per heavy atom. The van der Waals surface area contributed by atoms with E-state index in [1.165, 1.54) is 11.3 Å². The number of thioether (sulfide) groups is 1. The Bertz CT molecular complexity index is 1150. The van der Waals surface area contributed by atoms with Crippen molar-refractivity contribution in [2.24, 2.45) is 0 Å². The third-order valence-electron chi connectivity index (χ3n) is 4.42. The fourth-order valence-electron chi connectivity index (χ4n) is 3.02. The highest BCUT2D eigenvalue weighted by Crippen LogP contribution is 2.27. The van der Waals surface area contributed by atoms with E-state index in [2.05, 4.69) is 23.2 Å². The third kappa shape index (κ3) is 3.35. The van der Waals surface area contributed by atoms with Crippen LogP contribution in [0.5, 0.6) is 5.75 Å². The number of fused-ring (bicyclic) bond motifs is 3. The normalized spacial score (nSPS) is 11.5. The first kappa shape index (κ1) is 18.1. The Balaban J connectivity index is 1.75. The van der Waals surface area contributed by atoms with Crippen molar-refractivity contribution in [2.45, 2.75) is 37.2 Å². The summed E-state index contributed by atoms with van der Waals surface area (Å²) in [7, 11) is 1.67. The summed E-state index contributed by atoms with van der Waals surface area (Å²) in [5, 5.41) is 11.5. The van der Waals surface area contributed by atoms with E-state index in [-0.39, 0.29) is 5.56 Å². The van der Waals surface area contributed by atoms with Crippen LogP contribution in [0.3, 0.4) is 0 Å². The molecule has 0 atom stereocenters. The summed E-state index contributed by atoms with van der Waals surface area (Å²) in [5.74, 6) is 2.21. The van der Waals surface area contributed by atoms with Gasteiger partial charge in [0.2, 0.25) is 5.78 Å². The number of hydrogen-bond donors (Lipinski definition) is 0. The summed E-state index contributed by atoms with van der Waals surface area (Å²) >= 11 is 3.08. The van der Waals surface area contributed by atoms with Gasteiger partial charge in [0.25, 0.3) is 5.56 Å². The van der Waals surface area contributed by atoms with Crippen LogP contribution < -0.4 is 10.3 Å². The zero-order valence-corrected chi connectivity index (χ0v) is 16.8. The molecule has 6 nitrogen and oxygen atoms in total. The van der Waals surface area contributed by atoms with E-state index in [1.807, 2.05) is 34.0 Å². The highest BCUT2D eigenvalue weighted by atomic mass is 32.2. The lowest BCUT2D eigenvalue weighted by atomic mass is 10.2. The van der Waals surface area contributed by atoms with Crippen molar-refractivity contribution < 1.29 is 4.74 Å². The number of aromatic nitrogens is 4. The number of aryl methyl sites for hydroxylation is 1. The van der Waals surface area contributed by atoms with Crippen LogP contribution in [0.25, 0.3) is 16.0 Å². The van der Waals surface area contributed by atoms with Crippen LogP contribution in [0.4, 0.5) is 0 Å². The molecule has 0 aliphatic carbocycles. The molecule has 0 aliphatic rings. The number of hydrogen-bond acceptors (Lipinski definition) is 6. The van der Waals surface area contributed by atoms with Crippen LogP contribution in [0, 0.1) is 0 Å².